The molecule has 0 N–H and O–H groups in total. The Morgan fingerprint density at radius 3 is 2.43 bits per heavy atom. The SMILES string of the molecule is CC(=O)CC(=O)C1CCCN1C(C)=O. The average molecular weight is 197 g/mol. The third kappa shape index (κ3) is 2.40. The van der Waals surface area contributed by atoms with Crippen LogP contribution in [-0.2, 0) is 14.4 Å². The molecule has 0 saturated carbocycles. The lowest BCUT2D eigenvalue weighted by Gasteiger charge is -2.21. The minimum absolute atomic E-state index is 0.0472. The summed E-state index contributed by atoms with van der Waals surface area (Å²) in [7, 11) is 0. The molecule has 1 atom stereocenters. The van der Waals surface area contributed by atoms with Crippen LogP contribution in [-0.4, -0.2) is 35.0 Å². The molecule has 0 aromatic rings. The molecule has 0 aromatic carbocycles. The second-order valence-electron chi connectivity index (χ2n) is 3.72. The van der Waals surface area contributed by atoms with Gasteiger partial charge in [-0.1, -0.05) is 0 Å². The molecule has 1 aliphatic rings. The van der Waals surface area contributed by atoms with Crippen LogP contribution < -0.4 is 0 Å². The van der Waals surface area contributed by atoms with Crippen LogP contribution in [0.25, 0.3) is 0 Å². The first-order chi connectivity index (χ1) is 6.52. The van der Waals surface area contributed by atoms with E-state index in [1.807, 2.05) is 0 Å². The molecule has 14 heavy (non-hydrogen) atoms. The van der Waals surface area contributed by atoms with E-state index in [2.05, 4.69) is 0 Å². The van der Waals surface area contributed by atoms with Crippen molar-refractivity contribution < 1.29 is 14.4 Å². The van der Waals surface area contributed by atoms with Gasteiger partial charge < -0.3 is 4.90 Å². The van der Waals surface area contributed by atoms with Gasteiger partial charge in [-0.05, 0) is 19.8 Å². The van der Waals surface area contributed by atoms with Crippen molar-refractivity contribution in [1.82, 2.24) is 4.90 Å². The first kappa shape index (κ1) is 10.9. The Labute approximate surface area is 83.3 Å². The Bertz CT molecular complexity index is 273. The van der Waals surface area contributed by atoms with E-state index in [0.717, 1.165) is 6.42 Å². The smallest absolute Gasteiger partial charge is 0.220 e. The number of amides is 1. The topological polar surface area (TPSA) is 54.5 Å². The van der Waals surface area contributed by atoms with Crippen molar-refractivity contribution >= 4 is 17.5 Å². The second kappa shape index (κ2) is 4.35. The molecular weight excluding hydrogens is 182 g/mol. The lowest BCUT2D eigenvalue weighted by atomic mass is 10.1. The van der Waals surface area contributed by atoms with Gasteiger partial charge in [0, 0.05) is 13.5 Å². The largest absolute Gasteiger partial charge is 0.333 e. The van der Waals surface area contributed by atoms with Gasteiger partial charge in [0.1, 0.15) is 5.78 Å². The summed E-state index contributed by atoms with van der Waals surface area (Å²) in [5, 5.41) is 0. The maximum absolute atomic E-state index is 11.6. The lowest BCUT2D eigenvalue weighted by molar-refractivity contribution is -0.137. The summed E-state index contributed by atoms with van der Waals surface area (Å²) in [5.74, 6) is -0.333. The summed E-state index contributed by atoms with van der Waals surface area (Å²) >= 11 is 0. The first-order valence-electron chi connectivity index (χ1n) is 4.81. The summed E-state index contributed by atoms with van der Waals surface area (Å²) in [4.78, 5) is 35.0. The maximum Gasteiger partial charge on any atom is 0.220 e. The van der Waals surface area contributed by atoms with E-state index in [1.165, 1.54) is 13.8 Å². The average Bonchev–Trinajstić information content (AvgIpc) is 2.49. The number of hydrogen-bond donors (Lipinski definition) is 0. The minimum atomic E-state index is -0.351. The third-order valence-corrected chi connectivity index (χ3v) is 2.45. The van der Waals surface area contributed by atoms with E-state index in [-0.39, 0.29) is 29.9 Å². The Balaban J connectivity index is 2.62. The van der Waals surface area contributed by atoms with E-state index < -0.39 is 0 Å². The van der Waals surface area contributed by atoms with Gasteiger partial charge in [-0.25, -0.2) is 0 Å². The van der Waals surface area contributed by atoms with Gasteiger partial charge >= 0.3 is 0 Å². The van der Waals surface area contributed by atoms with E-state index in [0.29, 0.717) is 13.0 Å². The highest BCUT2D eigenvalue weighted by molar-refractivity contribution is 6.01. The Morgan fingerprint density at radius 2 is 1.93 bits per heavy atom. The molecule has 4 heteroatoms. The summed E-state index contributed by atoms with van der Waals surface area (Å²) in [5.41, 5.74) is 0. The predicted octanol–water partition coefficient (Wildman–Crippen LogP) is 0.545. The quantitative estimate of drug-likeness (QED) is 0.621. The zero-order valence-corrected chi connectivity index (χ0v) is 8.58. The molecule has 1 rings (SSSR count). The predicted molar refractivity (Wildman–Crippen MR) is 50.7 cm³/mol. The van der Waals surface area contributed by atoms with Gasteiger partial charge in [-0.3, -0.25) is 14.4 Å². The van der Waals surface area contributed by atoms with E-state index in [9.17, 15) is 14.4 Å². The fourth-order valence-electron chi connectivity index (χ4n) is 1.84. The van der Waals surface area contributed by atoms with Crippen LogP contribution in [0.2, 0.25) is 0 Å². The van der Waals surface area contributed by atoms with Gasteiger partial charge in [-0.2, -0.15) is 0 Å². The van der Waals surface area contributed by atoms with Crippen molar-refractivity contribution in [2.45, 2.75) is 39.2 Å². The van der Waals surface area contributed by atoms with Crippen LogP contribution >= 0.6 is 0 Å². The fourth-order valence-corrected chi connectivity index (χ4v) is 1.84. The first-order valence-corrected chi connectivity index (χ1v) is 4.81. The standard InChI is InChI=1S/C10H15NO3/c1-7(12)6-10(14)9-4-3-5-11(9)8(2)13/h9H,3-6H2,1-2H3. The molecule has 1 heterocycles. The van der Waals surface area contributed by atoms with Crippen LogP contribution in [0, 0.1) is 0 Å². The second-order valence-corrected chi connectivity index (χ2v) is 3.72. The van der Waals surface area contributed by atoms with Gasteiger partial charge in [0.25, 0.3) is 0 Å². The van der Waals surface area contributed by atoms with Crippen molar-refractivity contribution in [1.29, 1.82) is 0 Å². The third-order valence-electron chi connectivity index (χ3n) is 2.45. The molecule has 0 aliphatic carbocycles. The minimum Gasteiger partial charge on any atom is -0.333 e. The zero-order valence-electron chi connectivity index (χ0n) is 8.58. The fraction of sp³-hybridized carbons (Fsp3) is 0.700. The Morgan fingerprint density at radius 1 is 1.29 bits per heavy atom. The molecule has 78 valence electrons. The van der Waals surface area contributed by atoms with Crippen LogP contribution in [0.4, 0.5) is 0 Å². The maximum atomic E-state index is 11.6. The molecule has 1 saturated heterocycles. The molecule has 0 bridgehead atoms. The number of ketones is 2. The van der Waals surface area contributed by atoms with Gasteiger partial charge in [0.05, 0.1) is 12.5 Å². The number of nitrogens with zero attached hydrogens (tertiary/aromatic N) is 1. The van der Waals surface area contributed by atoms with E-state index in [4.69, 9.17) is 0 Å². The van der Waals surface area contributed by atoms with Crippen LogP contribution in [0.5, 0.6) is 0 Å². The van der Waals surface area contributed by atoms with Crippen molar-refractivity contribution in [2.24, 2.45) is 0 Å². The van der Waals surface area contributed by atoms with Gasteiger partial charge in [-0.15, -0.1) is 0 Å². The van der Waals surface area contributed by atoms with Crippen molar-refractivity contribution in [3.63, 3.8) is 0 Å². The summed E-state index contributed by atoms with van der Waals surface area (Å²) in [6, 6.07) is -0.351. The molecule has 1 fully saturated rings. The van der Waals surface area contributed by atoms with Gasteiger partial charge in [0.15, 0.2) is 5.78 Å². The van der Waals surface area contributed by atoms with Gasteiger partial charge in [0.2, 0.25) is 5.91 Å². The highest BCUT2D eigenvalue weighted by Crippen LogP contribution is 2.19. The number of likely N-dealkylation sites (tertiary alicyclic amines) is 1. The number of rotatable bonds is 3. The molecule has 0 aromatic heterocycles. The van der Waals surface area contributed by atoms with E-state index in [1.54, 1.807) is 4.90 Å². The van der Waals surface area contributed by atoms with Crippen molar-refractivity contribution in [2.75, 3.05) is 6.54 Å². The summed E-state index contributed by atoms with van der Waals surface area (Å²) in [6.07, 6.45) is 1.51. The Kier molecular flexibility index (Phi) is 3.38. The molecule has 1 aliphatic heterocycles. The molecule has 0 radical (unpaired) electrons. The highest BCUT2D eigenvalue weighted by Gasteiger charge is 2.32. The summed E-state index contributed by atoms with van der Waals surface area (Å²) in [6.45, 7) is 3.49. The van der Waals surface area contributed by atoms with Crippen LogP contribution in [0.15, 0.2) is 0 Å². The molecule has 1 unspecified atom stereocenters. The van der Waals surface area contributed by atoms with Crippen molar-refractivity contribution in [3.8, 4) is 0 Å². The van der Waals surface area contributed by atoms with E-state index >= 15 is 0 Å². The molecule has 1 amide bonds. The highest BCUT2D eigenvalue weighted by atomic mass is 16.2. The normalized spacial score (nSPS) is 21.0. The lowest BCUT2D eigenvalue weighted by Crippen LogP contribution is -2.39. The number of carbonyl (C=O) groups excluding carboxylic acids is 3. The van der Waals surface area contributed by atoms with Crippen molar-refractivity contribution in [3.05, 3.63) is 0 Å². The molecule has 0 spiro atoms. The number of Topliss-reactive ketones (excluding diaryl/α,β-unsaturated/α-hetero) is 2. The van der Waals surface area contributed by atoms with Crippen LogP contribution in [0.3, 0.4) is 0 Å². The number of hydrogen-bond acceptors (Lipinski definition) is 3. The van der Waals surface area contributed by atoms with Crippen LogP contribution in [0.1, 0.15) is 33.1 Å². The summed E-state index contributed by atoms with van der Waals surface area (Å²) < 4.78 is 0. The zero-order chi connectivity index (χ0) is 10.7. The molecule has 4 nitrogen and oxygen atoms in total. The Hall–Kier alpha value is -1.19. The monoisotopic (exact) mass is 197 g/mol. The molecular formula is C10H15NO3. The number of carbonyl (C=O) groups is 3.